The van der Waals surface area contributed by atoms with Gasteiger partial charge in [-0.05, 0) is 55.5 Å². The predicted octanol–water partition coefficient (Wildman–Crippen LogP) is 6.69. The molecule has 1 heterocycles. The van der Waals surface area contributed by atoms with Crippen LogP contribution in [-0.4, -0.2) is 27.8 Å². The molecule has 2 unspecified atom stereocenters. The molecule has 2 aromatic carbocycles. The summed E-state index contributed by atoms with van der Waals surface area (Å²) in [5.74, 6) is 1.40. The lowest BCUT2D eigenvalue weighted by Gasteiger charge is -2.24. The number of H-pyrrole nitrogens is 1. The summed E-state index contributed by atoms with van der Waals surface area (Å²) in [7, 11) is 0. The van der Waals surface area contributed by atoms with Crippen LogP contribution in [0.1, 0.15) is 82.5 Å². The number of hydrogen-bond acceptors (Lipinski definition) is 3. The van der Waals surface area contributed by atoms with E-state index in [1.165, 1.54) is 6.42 Å². The molecule has 0 aliphatic heterocycles. The second-order valence-corrected chi connectivity index (χ2v) is 9.97. The molecule has 0 spiro atoms. The summed E-state index contributed by atoms with van der Waals surface area (Å²) in [4.78, 5) is 33.5. The average Bonchev–Trinajstić information content (AvgIpc) is 3.32. The zero-order valence-corrected chi connectivity index (χ0v) is 21.2. The molecule has 0 radical (unpaired) electrons. The van der Waals surface area contributed by atoms with Gasteiger partial charge in [0.15, 0.2) is 0 Å². The lowest BCUT2D eigenvalue weighted by Crippen LogP contribution is -2.39. The Labute approximate surface area is 208 Å². The van der Waals surface area contributed by atoms with Gasteiger partial charge in [-0.1, -0.05) is 65.0 Å². The Kier molecular flexibility index (Phi) is 8.21. The van der Waals surface area contributed by atoms with Crippen molar-refractivity contribution in [1.82, 2.24) is 15.3 Å². The van der Waals surface area contributed by atoms with Crippen LogP contribution in [0.5, 0.6) is 0 Å². The van der Waals surface area contributed by atoms with Gasteiger partial charge in [-0.3, -0.25) is 9.59 Å². The van der Waals surface area contributed by atoms with E-state index in [2.05, 4.69) is 36.4 Å². The highest BCUT2D eigenvalue weighted by molar-refractivity contribution is 5.96. The zero-order chi connectivity index (χ0) is 24.8. The van der Waals surface area contributed by atoms with Gasteiger partial charge in [0.05, 0.1) is 11.0 Å². The highest BCUT2D eigenvalue weighted by Gasteiger charge is 2.21. The second-order valence-electron chi connectivity index (χ2n) is 9.97. The lowest BCUT2D eigenvalue weighted by atomic mass is 9.88. The van der Waals surface area contributed by atoms with Crippen molar-refractivity contribution >= 4 is 28.5 Å². The molecule has 1 aliphatic rings. The zero-order valence-electron chi connectivity index (χ0n) is 21.2. The van der Waals surface area contributed by atoms with Gasteiger partial charge in [-0.15, -0.1) is 0 Å². The SMILES string of the molecule is CCCC(NC(=O)c1ccc(-c2nc3ccc(NC(=O)C4CCCCC4)cc3[nH]2)cc1)C(C)CC. The fraction of sp³-hybridized carbons (Fsp3) is 0.483. The molecule has 1 aliphatic carbocycles. The molecule has 0 saturated heterocycles. The van der Waals surface area contributed by atoms with Crippen LogP contribution in [0.2, 0.25) is 0 Å². The summed E-state index contributed by atoms with van der Waals surface area (Å²) in [6, 6.07) is 13.5. The van der Waals surface area contributed by atoms with Crippen molar-refractivity contribution in [2.45, 2.75) is 78.2 Å². The maximum atomic E-state index is 12.8. The van der Waals surface area contributed by atoms with Crippen LogP contribution in [0, 0.1) is 11.8 Å². The van der Waals surface area contributed by atoms with Crippen molar-refractivity contribution in [2.75, 3.05) is 5.32 Å². The number of aromatic nitrogens is 2. The fourth-order valence-corrected chi connectivity index (χ4v) is 4.96. The molecular weight excluding hydrogens is 436 g/mol. The first-order chi connectivity index (χ1) is 17.0. The van der Waals surface area contributed by atoms with Gasteiger partial charge >= 0.3 is 0 Å². The van der Waals surface area contributed by atoms with Crippen LogP contribution in [-0.2, 0) is 4.79 Å². The molecular formula is C29H38N4O2. The maximum Gasteiger partial charge on any atom is 0.251 e. The standard InChI is InChI=1S/C29H38N4O2/c1-4-9-24(19(3)5-2)33-29(35)22-14-12-20(13-15-22)27-31-25-17-16-23(18-26(25)32-27)30-28(34)21-10-7-6-8-11-21/h12-19,21,24H,4-11H2,1-3H3,(H,30,34)(H,31,32)(H,33,35). The minimum absolute atomic E-state index is 0.0294. The van der Waals surface area contributed by atoms with Crippen LogP contribution in [0.15, 0.2) is 42.5 Å². The van der Waals surface area contributed by atoms with Gasteiger partial charge in [0.1, 0.15) is 5.82 Å². The van der Waals surface area contributed by atoms with E-state index < -0.39 is 0 Å². The van der Waals surface area contributed by atoms with E-state index in [0.717, 1.165) is 73.1 Å². The minimum atomic E-state index is -0.0294. The van der Waals surface area contributed by atoms with E-state index in [1.54, 1.807) is 0 Å². The first-order valence-corrected chi connectivity index (χ1v) is 13.2. The summed E-state index contributed by atoms with van der Waals surface area (Å²) in [5.41, 5.74) is 4.07. The summed E-state index contributed by atoms with van der Waals surface area (Å²) < 4.78 is 0. The smallest absolute Gasteiger partial charge is 0.251 e. The van der Waals surface area contributed by atoms with E-state index in [1.807, 2.05) is 42.5 Å². The molecule has 1 saturated carbocycles. The second kappa shape index (κ2) is 11.5. The number of anilines is 1. The van der Waals surface area contributed by atoms with Gasteiger partial charge < -0.3 is 15.6 Å². The first kappa shape index (κ1) is 25.0. The molecule has 6 heteroatoms. The van der Waals surface area contributed by atoms with E-state index in [4.69, 9.17) is 4.98 Å². The number of aromatic amines is 1. The van der Waals surface area contributed by atoms with Gasteiger partial charge in [-0.25, -0.2) is 4.98 Å². The maximum absolute atomic E-state index is 12.8. The number of hydrogen-bond donors (Lipinski definition) is 3. The number of imidazole rings is 1. The predicted molar refractivity (Wildman–Crippen MR) is 142 cm³/mol. The van der Waals surface area contributed by atoms with Crippen LogP contribution >= 0.6 is 0 Å². The molecule has 0 bridgehead atoms. The fourth-order valence-electron chi connectivity index (χ4n) is 4.96. The molecule has 3 N–H and O–H groups in total. The molecule has 4 rings (SSSR count). The third-order valence-corrected chi connectivity index (χ3v) is 7.39. The van der Waals surface area contributed by atoms with E-state index in [0.29, 0.717) is 11.5 Å². The molecule has 6 nitrogen and oxygen atoms in total. The van der Waals surface area contributed by atoms with Crippen molar-refractivity contribution < 1.29 is 9.59 Å². The van der Waals surface area contributed by atoms with Crippen molar-refractivity contribution in [3.05, 3.63) is 48.0 Å². The lowest BCUT2D eigenvalue weighted by molar-refractivity contribution is -0.120. The third-order valence-electron chi connectivity index (χ3n) is 7.39. The average molecular weight is 475 g/mol. The quantitative estimate of drug-likeness (QED) is 0.323. The molecule has 35 heavy (non-hydrogen) atoms. The van der Waals surface area contributed by atoms with Crippen LogP contribution in [0.3, 0.4) is 0 Å². The molecule has 186 valence electrons. The van der Waals surface area contributed by atoms with Gasteiger partial charge in [0.2, 0.25) is 5.91 Å². The Hall–Kier alpha value is -3.15. The van der Waals surface area contributed by atoms with E-state index in [9.17, 15) is 9.59 Å². The number of amides is 2. The van der Waals surface area contributed by atoms with E-state index >= 15 is 0 Å². The Morgan fingerprint density at radius 2 is 1.80 bits per heavy atom. The van der Waals surface area contributed by atoms with Gasteiger partial charge in [-0.2, -0.15) is 0 Å². The van der Waals surface area contributed by atoms with Gasteiger partial charge in [0.25, 0.3) is 5.91 Å². The van der Waals surface area contributed by atoms with Crippen molar-refractivity contribution in [3.8, 4) is 11.4 Å². The summed E-state index contributed by atoms with van der Waals surface area (Å²) in [5, 5.41) is 6.29. The molecule has 3 aromatic rings. The van der Waals surface area contributed by atoms with Crippen molar-refractivity contribution in [2.24, 2.45) is 11.8 Å². The van der Waals surface area contributed by atoms with Crippen LogP contribution < -0.4 is 10.6 Å². The molecule has 2 atom stereocenters. The van der Waals surface area contributed by atoms with Crippen LogP contribution in [0.4, 0.5) is 5.69 Å². The number of fused-ring (bicyclic) bond motifs is 1. The highest BCUT2D eigenvalue weighted by Crippen LogP contribution is 2.27. The van der Waals surface area contributed by atoms with Crippen molar-refractivity contribution in [3.63, 3.8) is 0 Å². The Morgan fingerprint density at radius 3 is 2.49 bits per heavy atom. The molecule has 1 fully saturated rings. The number of carbonyl (C=O) groups excluding carboxylic acids is 2. The monoisotopic (exact) mass is 474 g/mol. The van der Waals surface area contributed by atoms with Crippen molar-refractivity contribution in [1.29, 1.82) is 0 Å². The van der Waals surface area contributed by atoms with Gasteiger partial charge in [0, 0.05) is 28.8 Å². The van der Waals surface area contributed by atoms with Crippen LogP contribution in [0.25, 0.3) is 22.4 Å². The largest absolute Gasteiger partial charge is 0.349 e. The number of nitrogens with zero attached hydrogens (tertiary/aromatic N) is 1. The normalized spacial score (nSPS) is 16.1. The first-order valence-electron chi connectivity index (χ1n) is 13.2. The summed E-state index contributed by atoms with van der Waals surface area (Å²) >= 11 is 0. The Morgan fingerprint density at radius 1 is 1.06 bits per heavy atom. The number of nitrogens with one attached hydrogen (secondary N) is 3. The van der Waals surface area contributed by atoms with E-state index in [-0.39, 0.29) is 23.8 Å². The summed E-state index contributed by atoms with van der Waals surface area (Å²) in [6.45, 7) is 6.50. The topological polar surface area (TPSA) is 86.9 Å². The Bertz CT molecular complexity index is 1150. The molecule has 2 amide bonds. The number of benzene rings is 2. The molecule has 1 aromatic heterocycles. The Balaban J connectivity index is 1.44. The summed E-state index contributed by atoms with van der Waals surface area (Å²) in [6.07, 6.45) is 8.54. The minimum Gasteiger partial charge on any atom is -0.349 e. The number of rotatable bonds is 9. The highest BCUT2D eigenvalue weighted by atomic mass is 16.2. The number of carbonyl (C=O) groups is 2. The third kappa shape index (κ3) is 6.11.